The van der Waals surface area contributed by atoms with E-state index in [9.17, 15) is 0 Å². The van der Waals surface area contributed by atoms with Gasteiger partial charge in [0.25, 0.3) is 0 Å². The minimum Gasteiger partial charge on any atom is -0.301 e. The Bertz CT molecular complexity index is 1920. The van der Waals surface area contributed by atoms with Crippen LogP contribution in [0.4, 0.5) is 0 Å². The number of hydrogen-bond donors (Lipinski definition) is 0. The predicted molar refractivity (Wildman–Crippen MR) is 494 cm³/mol. The van der Waals surface area contributed by atoms with E-state index in [1.165, 1.54) is 181 Å². The van der Waals surface area contributed by atoms with Crippen molar-refractivity contribution in [3.8, 4) is 0 Å². The van der Waals surface area contributed by atoms with Crippen molar-refractivity contribution in [2.45, 2.75) is 435 Å². The number of nitrogens with zero attached hydrogens (tertiary/aromatic N) is 5. The number of hydrogen-bond acceptors (Lipinski definition) is 5. The Kier molecular flexibility index (Phi) is 50.0. The SMILES string of the molecule is CC(C)C1CC(C(C)C)C1.CC(C)C1CC1C(C)C.CC(C)C1CC2(C1)CN(C(C)C)C2.CC(C)C1CCC(C(C)C)C1.CC(C)C1CCC(C(C)C)CC1.CC(C)C1CCCC(C(C)C)C1.CC(C)C1CCN(C(C)C)C1.CC(C)C1CCN(C(C)C)CC1.CC(C)C1CN(C(C)C)C1.CC(C)C1CN1C(C)C. The lowest BCUT2D eigenvalue weighted by Gasteiger charge is -2.61. The summed E-state index contributed by atoms with van der Waals surface area (Å²) in [5.74, 6) is 27.9. The molecule has 0 N–H and O–H groups in total. The molecule has 0 aromatic heterocycles. The van der Waals surface area contributed by atoms with E-state index in [2.05, 4.69) is 301 Å². The Morgan fingerprint density at radius 2 is 0.477 bits per heavy atom. The van der Waals surface area contributed by atoms with E-state index in [-0.39, 0.29) is 0 Å². The third kappa shape index (κ3) is 39.0. The highest BCUT2D eigenvalue weighted by molar-refractivity contribution is 5.05. The summed E-state index contributed by atoms with van der Waals surface area (Å²) in [6.07, 6.45) is 28.1. The molecule has 5 nitrogen and oxygen atoms in total. The van der Waals surface area contributed by atoms with Gasteiger partial charge in [0, 0.05) is 75.5 Å². The Hall–Kier alpha value is -0.200. The normalized spacial score (nSPS) is 29.4. The lowest BCUT2D eigenvalue weighted by atomic mass is 9.55. The van der Waals surface area contributed by atoms with Crippen molar-refractivity contribution >= 4 is 0 Å². The molecule has 5 aliphatic heterocycles. The van der Waals surface area contributed by atoms with E-state index in [1.807, 2.05) is 0 Å². The minimum atomic E-state index is 0.748. The van der Waals surface area contributed by atoms with Crippen molar-refractivity contribution in [2.24, 2.45) is 177 Å². The van der Waals surface area contributed by atoms with Gasteiger partial charge in [-0.05, 0) is 369 Å². The monoisotopic (exact) mass is 1530 g/mol. The molecule has 6 saturated carbocycles. The van der Waals surface area contributed by atoms with Gasteiger partial charge in [-0.25, -0.2) is 0 Å². The summed E-state index contributed by atoms with van der Waals surface area (Å²) in [6.45, 7) is 106. The average molecular weight is 1530 g/mol. The zero-order chi connectivity index (χ0) is 83.4. The molecule has 6 aliphatic carbocycles. The van der Waals surface area contributed by atoms with Crippen molar-refractivity contribution in [3.63, 3.8) is 0 Å². The maximum absolute atomic E-state index is 2.61. The highest BCUT2D eigenvalue weighted by Gasteiger charge is 2.53. The standard InChI is InChI=1S/C12H23N.2C12H24.C11H23N.C11H22.C10H21N.C10H20.C9H19N.C9H18.C8H17N/c1-9(2)11-5-12(6-11)7-13(8-12)10(3)4;1-9(2)11-5-7-12(8-6-11)10(3)4;1-9(2)11-6-5-7-12(8-11)10(3)4;1-9(2)11-5-7-12(8-6-11)10(3)4;2*1-8(2)10-5-6-11(7-10)9(3)4;2*1-7(2)9-5-10(6-9)8(3)4;2*1-6(2)8-5-9(8)7(3)4/h9-11H,5-8H2,1-4H3;2*9-12H,5-8H2,1-4H3;9-11H,5-8H2,1-4H3;8-11H,5-7H2,1-4H3;8-10H,5-7H2,1-4H3;7-10H,5-6H2,1-4H3;7-9H,5-6H2,1-4H3;6-9H,5H2,1-4H3;6-8H,5H2,1-4H3. The highest BCUT2D eigenvalue weighted by atomic mass is 15.3. The van der Waals surface area contributed by atoms with E-state index in [0.29, 0.717) is 0 Å². The predicted octanol–water partition coefficient (Wildman–Crippen LogP) is 29.8. The molecule has 0 aromatic carbocycles. The third-order valence-corrected chi connectivity index (χ3v) is 31.5. The van der Waals surface area contributed by atoms with Crippen molar-refractivity contribution < 1.29 is 0 Å². The molecule has 11 fully saturated rings. The first-order valence-electron chi connectivity index (χ1n) is 49.3. The molecule has 9 atom stereocenters. The molecule has 5 saturated heterocycles. The Morgan fingerprint density at radius 3 is 0.716 bits per heavy atom. The van der Waals surface area contributed by atoms with Gasteiger partial charge in [-0.3, -0.25) is 9.80 Å². The van der Waals surface area contributed by atoms with Gasteiger partial charge in [0.15, 0.2) is 0 Å². The Balaban J connectivity index is 0.000000412. The van der Waals surface area contributed by atoms with Gasteiger partial charge in [-0.15, -0.1) is 0 Å². The van der Waals surface area contributed by atoms with Gasteiger partial charge in [-0.2, -0.15) is 0 Å². The van der Waals surface area contributed by atoms with Crippen molar-refractivity contribution in [1.29, 1.82) is 0 Å². The molecule has 11 rings (SSSR count). The molecule has 652 valence electrons. The lowest BCUT2D eigenvalue weighted by Crippen LogP contribution is -2.64. The zero-order valence-electron chi connectivity index (χ0n) is 82.7. The summed E-state index contributed by atoms with van der Waals surface area (Å²) in [6, 6.07) is 4.68. The summed E-state index contributed by atoms with van der Waals surface area (Å²) in [5.41, 5.74) is 0.777. The second kappa shape index (κ2) is 52.0. The van der Waals surface area contributed by atoms with Gasteiger partial charge < -0.3 is 14.7 Å². The molecule has 0 amide bonds. The first-order chi connectivity index (χ1) is 50.5. The van der Waals surface area contributed by atoms with Crippen LogP contribution in [-0.4, -0.2) is 120 Å². The van der Waals surface area contributed by atoms with E-state index < -0.39 is 0 Å². The van der Waals surface area contributed by atoms with Crippen LogP contribution in [0, 0.1) is 177 Å². The fraction of sp³-hybridized carbons (Fsp3) is 1.00. The molecule has 1 spiro atoms. The third-order valence-electron chi connectivity index (χ3n) is 31.5. The molecule has 11 aliphatic rings. The summed E-state index contributed by atoms with van der Waals surface area (Å²) < 4.78 is 0. The lowest BCUT2D eigenvalue weighted by molar-refractivity contribution is -0.117. The maximum Gasteiger partial charge on any atom is 0.0249 e. The van der Waals surface area contributed by atoms with Crippen molar-refractivity contribution in [3.05, 3.63) is 0 Å². The Labute approximate surface area is 691 Å². The van der Waals surface area contributed by atoms with Crippen molar-refractivity contribution in [2.75, 3.05) is 58.9 Å². The largest absolute Gasteiger partial charge is 0.301 e. The topological polar surface area (TPSA) is 16.0 Å². The van der Waals surface area contributed by atoms with E-state index >= 15 is 0 Å². The van der Waals surface area contributed by atoms with Crippen LogP contribution in [0.3, 0.4) is 0 Å². The summed E-state index contributed by atoms with van der Waals surface area (Å²) in [4.78, 5) is 12.9. The van der Waals surface area contributed by atoms with Crippen LogP contribution < -0.4 is 0 Å². The molecule has 109 heavy (non-hydrogen) atoms. The molecule has 5 heterocycles. The molecular weight excluding hydrogens is 1320 g/mol. The molecule has 0 aromatic rings. The first kappa shape index (κ1) is 105. The summed E-state index contributed by atoms with van der Waals surface area (Å²) in [5, 5.41) is 0. The van der Waals surface area contributed by atoms with Crippen LogP contribution in [0.15, 0.2) is 0 Å². The molecule has 9 unspecified atom stereocenters. The fourth-order valence-electron chi connectivity index (χ4n) is 20.4. The first-order valence-corrected chi connectivity index (χ1v) is 49.3. The molecule has 5 heteroatoms. The highest BCUT2D eigenvalue weighted by Crippen LogP contribution is 2.55. The van der Waals surface area contributed by atoms with Gasteiger partial charge in [0.05, 0.1) is 0 Å². The average Bonchev–Trinajstić information content (AvgIpc) is 1.59. The molecule has 0 radical (unpaired) electrons. The molecular formula is C104H211N5. The number of piperidine rings is 1. The zero-order valence-corrected chi connectivity index (χ0v) is 82.7. The Morgan fingerprint density at radius 1 is 0.202 bits per heavy atom. The van der Waals surface area contributed by atoms with Crippen LogP contribution in [0.25, 0.3) is 0 Å². The van der Waals surface area contributed by atoms with Crippen molar-refractivity contribution in [1.82, 2.24) is 24.5 Å². The van der Waals surface area contributed by atoms with Gasteiger partial charge in [-0.1, -0.05) is 227 Å². The quantitative estimate of drug-likeness (QED) is 0.113. The van der Waals surface area contributed by atoms with E-state index in [1.54, 1.807) is 0 Å². The number of rotatable bonds is 20. The van der Waals surface area contributed by atoms with Gasteiger partial charge >= 0.3 is 0 Å². The maximum atomic E-state index is 2.61. The summed E-state index contributed by atoms with van der Waals surface area (Å²) in [7, 11) is 0. The molecule has 0 bridgehead atoms. The van der Waals surface area contributed by atoms with Crippen LogP contribution in [0.2, 0.25) is 0 Å². The van der Waals surface area contributed by atoms with E-state index in [0.717, 1.165) is 213 Å². The second-order valence-corrected chi connectivity index (χ2v) is 46.3. The second-order valence-electron chi connectivity index (χ2n) is 46.3. The van der Waals surface area contributed by atoms with E-state index in [4.69, 9.17) is 0 Å². The smallest absolute Gasteiger partial charge is 0.0249 e. The van der Waals surface area contributed by atoms with Gasteiger partial charge in [0.2, 0.25) is 0 Å². The fourth-order valence-corrected chi connectivity index (χ4v) is 20.4. The van der Waals surface area contributed by atoms with Crippen LogP contribution in [-0.2, 0) is 0 Å². The van der Waals surface area contributed by atoms with Crippen LogP contribution >= 0.6 is 0 Å². The summed E-state index contributed by atoms with van der Waals surface area (Å²) >= 11 is 0. The number of likely N-dealkylation sites (tertiary alicyclic amines) is 4. The van der Waals surface area contributed by atoms with Crippen LogP contribution in [0.5, 0.6) is 0 Å². The minimum absolute atomic E-state index is 0.748. The van der Waals surface area contributed by atoms with Crippen LogP contribution in [0.1, 0.15) is 399 Å². The van der Waals surface area contributed by atoms with Gasteiger partial charge in [0.1, 0.15) is 0 Å².